The van der Waals surface area contributed by atoms with Gasteiger partial charge in [-0.25, -0.2) is 0 Å². The van der Waals surface area contributed by atoms with Gasteiger partial charge in [-0.05, 0) is 23.9 Å². The third kappa shape index (κ3) is 2.48. The molecule has 0 bridgehead atoms. The van der Waals surface area contributed by atoms with Gasteiger partial charge in [0, 0.05) is 17.4 Å². The first kappa shape index (κ1) is 11.3. The molecule has 0 saturated heterocycles. The molecule has 2 heterocycles. The lowest BCUT2D eigenvalue weighted by atomic mass is 10.0. The van der Waals surface area contributed by atoms with E-state index in [2.05, 4.69) is 17.1 Å². The van der Waals surface area contributed by atoms with Crippen molar-refractivity contribution in [3.63, 3.8) is 0 Å². The molecule has 2 N–H and O–H groups in total. The maximum Gasteiger partial charge on any atom is 0.227 e. The zero-order chi connectivity index (χ0) is 11.4. The molecule has 0 aliphatic heterocycles. The van der Waals surface area contributed by atoms with Crippen molar-refractivity contribution >= 4 is 11.3 Å². The summed E-state index contributed by atoms with van der Waals surface area (Å²) in [5, 5.41) is 7.97. The summed E-state index contributed by atoms with van der Waals surface area (Å²) in [4.78, 5) is 4.36. The highest BCUT2D eigenvalue weighted by atomic mass is 32.1. The van der Waals surface area contributed by atoms with Gasteiger partial charge in [0.2, 0.25) is 11.7 Å². The zero-order valence-electron chi connectivity index (χ0n) is 9.22. The Balaban J connectivity index is 2.08. The quantitative estimate of drug-likeness (QED) is 0.866. The molecule has 0 radical (unpaired) electrons. The number of rotatable bonds is 5. The van der Waals surface area contributed by atoms with Crippen molar-refractivity contribution in [3.8, 4) is 11.4 Å². The molecule has 0 saturated carbocycles. The van der Waals surface area contributed by atoms with E-state index in [4.69, 9.17) is 10.3 Å². The van der Waals surface area contributed by atoms with E-state index in [1.807, 2.05) is 16.8 Å². The Morgan fingerprint density at radius 3 is 3.06 bits per heavy atom. The van der Waals surface area contributed by atoms with Gasteiger partial charge in [-0.1, -0.05) is 18.5 Å². The predicted molar refractivity (Wildman–Crippen MR) is 64.2 cm³/mol. The molecule has 2 aromatic heterocycles. The second kappa shape index (κ2) is 5.23. The molecule has 16 heavy (non-hydrogen) atoms. The lowest BCUT2D eigenvalue weighted by molar-refractivity contribution is 0.350. The first-order valence-corrected chi connectivity index (χ1v) is 6.33. The van der Waals surface area contributed by atoms with Gasteiger partial charge < -0.3 is 10.3 Å². The fourth-order valence-electron chi connectivity index (χ4n) is 1.49. The standard InChI is InChI=1S/C11H15N3OS/c1-2-8(6-12)5-10-13-11(14-15-10)9-3-4-16-7-9/h3-4,7-8H,2,5-6,12H2,1H3. The van der Waals surface area contributed by atoms with Crippen LogP contribution in [0.4, 0.5) is 0 Å². The smallest absolute Gasteiger partial charge is 0.227 e. The van der Waals surface area contributed by atoms with Crippen LogP contribution in [0.1, 0.15) is 19.2 Å². The number of nitrogens with two attached hydrogens (primary N) is 1. The summed E-state index contributed by atoms with van der Waals surface area (Å²) in [5.74, 6) is 1.78. The van der Waals surface area contributed by atoms with E-state index < -0.39 is 0 Å². The van der Waals surface area contributed by atoms with Gasteiger partial charge in [0.15, 0.2) is 0 Å². The molecule has 0 spiro atoms. The van der Waals surface area contributed by atoms with E-state index in [0.717, 1.165) is 18.4 Å². The van der Waals surface area contributed by atoms with Gasteiger partial charge >= 0.3 is 0 Å². The van der Waals surface area contributed by atoms with Crippen molar-refractivity contribution in [1.29, 1.82) is 0 Å². The monoisotopic (exact) mass is 237 g/mol. The molecule has 0 amide bonds. The Hall–Kier alpha value is -1.20. The summed E-state index contributed by atoms with van der Waals surface area (Å²) in [6.45, 7) is 2.78. The SMILES string of the molecule is CCC(CN)Cc1nc(-c2ccsc2)no1. The molecule has 0 aliphatic rings. The van der Waals surface area contributed by atoms with Gasteiger partial charge in [0.25, 0.3) is 0 Å². The van der Waals surface area contributed by atoms with Crippen molar-refractivity contribution < 1.29 is 4.52 Å². The Morgan fingerprint density at radius 1 is 1.56 bits per heavy atom. The lowest BCUT2D eigenvalue weighted by Gasteiger charge is -2.07. The van der Waals surface area contributed by atoms with Gasteiger partial charge in [-0.15, -0.1) is 0 Å². The van der Waals surface area contributed by atoms with Crippen molar-refractivity contribution in [2.75, 3.05) is 6.54 Å². The van der Waals surface area contributed by atoms with E-state index >= 15 is 0 Å². The number of thiophene rings is 1. The molecule has 0 fully saturated rings. The summed E-state index contributed by atoms with van der Waals surface area (Å²) in [5.41, 5.74) is 6.66. The second-order valence-electron chi connectivity index (χ2n) is 3.74. The summed E-state index contributed by atoms with van der Waals surface area (Å²) >= 11 is 1.62. The molecule has 86 valence electrons. The molecule has 4 nitrogen and oxygen atoms in total. The number of hydrogen-bond acceptors (Lipinski definition) is 5. The van der Waals surface area contributed by atoms with Gasteiger partial charge in [-0.2, -0.15) is 16.3 Å². The maximum atomic E-state index is 5.64. The molecular formula is C11H15N3OS. The maximum absolute atomic E-state index is 5.64. The third-order valence-electron chi connectivity index (χ3n) is 2.62. The second-order valence-corrected chi connectivity index (χ2v) is 4.52. The number of nitrogens with zero attached hydrogens (tertiary/aromatic N) is 2. The minimum atomic E-state index is 0.427. The van der Waals surface area contributed by atoms with E-state index in [1.54, 1.807) is 11.3 Å². The zero-order valence-corrected chi connectivity index (χ0v) is 10.0. The summed E-state index contributed by atoms with van der Waals surface area (Å²) < 4.78 is 5.21. The van der Waals surface area contributed by atoms with Crippen LogP contribution in [0, 0.1) is 5.92 Å². The van der Waals surface area contributed by atoms with E-state index in [9.17, 15) is 0 Å². The van der Waals surface area contributed by atoms with Crippen molar-refractivity contribution in [2.24, 2.45) is 11.7 Å². The van der Waals surface area contributed by atoms with Gasteiger partial charge in [0.1, 0.15) is 0 Å². The molecule has 0 aliphatic carbocycles. The molecule has 1 atom stereocenters. The van der Waals surface area contributed by atoms with Crippen molar-refractivity contribution in [3.05, 3.63) is 22.7 Å². The van der Waals surface area contributed by atoms with Crippen LogP contribution in [0.2, 0.25) is 0 Å². The highest BCUT2D eigenvalue weighted by Gasteiger charge is 2.13. The van der Waals surface area contributed by atoms with E-state index in [0.29, 0.717) is 24.2 Å². The molecule has 0 aromatic carbocycles. The molecule has 1 unspecified atom stereocenters. The Morgan fingerprint density at radius 2 is 2.44 bits per heavy atom. The first-order chi connectivity index (χ1) is 7.83. The average Bonchev–Trinajstić information content (AvgIpc) is 2.96. The summed E-state index contributed by atoms with van der Waals surface area (Å²) in [7, 11) is 0. The Kier molecular flexibility index (Phi) is 3.69. The van der Waals surface area contributed by atoms with E-state index in [-0.39, 0.29) is 0 Å². The Labute approximate surface area is 98.5 Å². The largest absolute Gasteiger partial charge is 0.339 e. The van der Waals surface area contributed by atoms with Crippen LogP contribution in [0.25, 0.3) is 11.4 Å². The first-order valence-electron chi connectivity index (χ1n) is 5.38. The van der Waals surface area contributed by atoms with Gasteiger partial charge in [-0.3, -0.25) is 0 Å². The van der Waals surface area contributed by atoms with Crippen molar-refractivity contribution in [1.82, 2.24) is 10.1 Å². The molecule has 5 heteroatoms. The fourth-order valence-corrected chi connectivity index (χ4v) is 2.12. The average molecular weight is 237 g/mol. The van der Waals surface area contributed by atoms with Gasteiger partial charge in [0.05, 0.1) is 0 Å². The molecule has 2 rings (SSSR count). The van der Waals surface area contributed by atoms with Crippen LogP contribution < -0.4 is 5.73 Å². The van der Waals surface area contributed by atoms with Crippen LogP contribution in [-0.4, -0.2) is 16.7 Å². The molecule has 2 aromatic rings. The lowest BCUT2D eigenvalue weighted by Crippen LogP contribution is -2.15. The van der Waals surface area contributed by atoms with Crippen molar-refractivity contribution in [2.45, 2.75) is 19.8 Å². The highest BCUT2D eigenvalue weighted by molar-refractivity contribution is 7.08. The van der Waals surface area contributed by atoms with Crippen LogP contribution in [0.15, 0.2) is 21.3 Å². The fraction of sp³-hybridized carbons (Fsp3) is 0.455. The molecular weight excluding hydrogens is 222 g/mol. The number of hydrogen-bond donors (Lipinski definition) is 1. The summed E-state index contributed by atoms with van der Waals surface area (Å²) in [6.07, 6.45) is 1.80. The normalized spacial score (nSPS) is 12.9. The highest BCUT2D eigenvalue weighted by Crippen LogP contribution is 2.19. The number of aromatic nitrogens is 2. The Bertz CT molecular complexity index is 420. The minimum absolute atomic E-state index is 0.427. The van der Waals surface area contributed by atoms with E-state index in [1.165, 1.54) is 0 Å². The topological polar surface area (TPSA) is 64.9 Å². The summed E-state index contributed by atoms with van der Waals surface area (Å²) in [6, 6.07) is 1.99. The third-order valence-corrected chi connectivity index (χ3v) is 3.30. The minimum Gasteiger partial charge on any atom is -0.339 e. The van der Waals surface area contributed by atoms with Crippen LogP contribution in [0.3, 0.4) is 0 Å². The van der Waals surface area contributed by atoms with Crippen LogP contribution in [-0.2, 0) is 6.42 Å². The predicted octanol–water partition coefficient (Wildman–Crippen LogP) is 2.33. The van der Waals surface area contributed by atoms with Crippen LogP contribution in [0.5, 0.6) is 0 Å². The van der Waals surface area contributed by atoms with Crippen LogP contribution >= 0.6 is 11.3 Å².